The highest BCUT2D eigenvalue weighted by molar-refractivity contribution is 5.87. The Hall–Kier alpha value is -1.23. The lowest BCUT2D eigenvalue weighted by Crippen LogP contribution is -2.27. The van der Waals surface area contributed by atoms with Crippen molar-refractivity contribution in [3.05, 3.63) is 35.9 Å². The Labute approximate surface area is 119 Å². The van der Waals surface area contributed by atoms with Gasteiger partial charge in [-0.25, -0.2) is 0 Å². The highest BCUT2D eigenvalue weighted by Crippen LogP contribution is 2.39. The molecule has 0 radical (unpaired) electrons. The lowest BCUT2D eigenvalue weighted by atomic mass is 10.1. The summed E-state index contributed by atoms with van der Waals surface area (Å²) in [5.41, 5.74) is 1.14. The quantitative estimate of drug-likeness (QED) is 0.846. The topological polar surface area (TPSA) is 44.8 Å². The highest BCUT2D eigenvalue weighted by Gasteiger charge is 2.53. The fourth-order valence-corrected chi connectivity index (χ4v) is 2.93. The Morgan fingerprint density at radius 1 is 1.25 bits per heavy atom. The van der Waals surface area contributed by atoms with E-state index in [1.54, 1.807) is 0 Å². The zero-order valence-corrected chi connectivity index (χ0v) is 11.9. The van der Waals surface area contributed by atoms with Gasteiger partial charge in [-0.3, -0.25) is 4.79 Å². The third-order valence-corrected chi connectivity index (χ3v) is 3.82. The van der Waals surface area contributed by atoms with Crippen molar-refractivity contribution in [2.45, 2.75) is 44.9 Å². The maximum atomic E-state index is 11.9. The van der Waals surface area contributed by atoms with Crippen LogP contribution in [0.2, 0.25) is 0 Å². The molecule has 4 nitrogen and oxygen atoms in total. The number of ketones is 1. The van der Waals surface area contributed by atoms with Crippen LogP contribution in [-0.4, -0.2) is 30.4 Å². The predicted molar refractivity (Wildman–Crippen MR) is 73.0 cm³/mol. The van der Waals surface area contributed by atoms with Crippen LogP contribution in [0.15, 0.2) is 30.3 Å². The summed E-state index contributed by atoms with van der Waals surface area (Å²) in [5, 5.41) is 0. The molecule has 1 saturated heterocycles. The second-order valence-electron chi connectivity index (χ2n) is 5.95. The van der Waals surface area contributed by atoms with Crippen LogP contribution in [-0.2, 0) is 25.6 Å². The normalized spacial score (nSPS) is 31.5. The van der Waals surface area contributed by atoms with E-state index in [1.165, 1.54) is 0 Å². The summed E-state index contributed by atoms with van der Waals surface area (Å²) in [7, 11) is 0. The second-order valence-corrected chi connectivity index (χ2v) is 5.95. The van der Waals surface area contributed by atoms with Gasteiger partial charge in [-0.2, -0.15) is 0 Å². The van der Waals surface area contributed by atoms with Crippen molar-refractivity contribution in [2.75, 3.05) is 6.61 Å². The van der Waals surface area contributed by atoms with Crippen molar-refractivity contribution in [3.8, 4) is 0 Å². The average Bonchev–Trinajstić information content (AvgIpc) is 2.87. The van der Waals surface area contributed by atoms with E-state index >= 15 is 0 Å². The van der Waals surface area contributed by atoms with Crippen LogP contribution in [0, 0.1) is 5.92 Å². The molecule has 1 aromatic carbocycles. The number of hydrogen-bond acceptors (Lipinski definition) is 4. The fourth-order valence-electron chi connectivity index (χ4n) is 2.93. The molecular formula is C16H20O4. The molecule has 0 bridgehead atoms. The van der Waals surface area contributed by atoms with Crippen molar-refractivity contribution in [1.29, 1.82) is 0 Å². The van der Waals surface area contributed by atoms with Crippen LogP contribution in [0.4, 0.5) is 0 Å². The van der Waals surface area contributed by atoms with Crippen LogP contribution in [0.3, 0.4) is 0 Å². The van der Waals surface area contributed by atoms with Gasteiger partial charge >= 0.3 is 0 Å². The highest BCUT2D eigenvalue weighted by atomic mass is 16.8. The Morgan fingerprint density at radius 2 is 2.00 bits per heavy atom. The van der Waals surface area contributed by atoms with Crippen molar-refractivity contribution < 1.29 is 19.0 Å². The molecule has 1 aliphatic carbocycles. The average molecular weight is 276 g/mol. The summed E-state index contributed by atoms with van der Waals surface area (Å²) in [4.78, 5) is 11.9. The number of rotatable bonds is 4. The van der Waals surface area contributed by atoms with Crippen LogP contribution >= 0.6 is 0 Å². The van der Waals surface area contributed by atoms with E-state index in [2.05, 4.69) is 0 Å². The van der Waals surface area contributed by atoms with Gasteiger partial charge in [0.2, 0.25) is 0 Å². The zero-order valence-electron chi connectivity index (χ0n) is 11.9. The molecule has 3 atom stereocenters. The first-order valence-electron chi connectivity index (χ1n) is 7.05. The van der Waals surface area contributed by atoms with Crippen LogP contribution in [0.5, 0.6) is 0 Å². The Bertz CT molecular complexity index is 483. The molecule has 2 fully saturated rings. The molecule has 1 aromatic rings. The molecule has 2 aliphatic rings. The first kappa shape index (κ1) is 13.7. The SMILES string of the molecule is CC1(C)OC2C(=O)C[C@H](COCc3ccccc3)C2O1. The molecular weight excluding hydrogens is 256 g/mol. The minimum Gasteiger partial charge on any atom is -0.376 e. The van der Waals surface area contributed by atoms with E-state index in [0.29, 0.717) is 19.6 Å². The summed E-state index contributed by atoms with van der Waals surface area (Å²) in [6.45, 7) is 4.79. The molecule has 0 spiro atoms. The number of carbonyl (C=O) groups excluding carboxylic acids is 1. The van der Waals surface area contributed by atoms with Crippen LogP contribution < -0.4 is 0 Å². The summed E-state index contributed by atoms with van der Waals surface area (Å²) in [6.07, 6.45) is -0.0798. The first-order chi connectivity index (χ1) is 9.55. The van der Waals surface area contributed by atoms with Crippen molar-refractivity contribution in [3.63, 3.8) is 0 Å². The van der Waals surface area contributed by atoms with Crippen molar-refractivity contribution in [1.82, 2.24) is 0 Å². The number of benzene rings is 1. The van der Waals surface area contributed by atoms with E-state index in [-0.39, 0.29) is 17.8 Å². The zero-order chi connectivity index (χ0) is 14.2. The maximum Gasteiger partial charge on any atom is 0.164 e. The summed E-state index contributed by atoms with van der Waals surface area (Å²) < 4.78 is 17.2. The van der Waals surface area contributed by atoms with Crippen LogP contribution in [0.25, 0.3) is 0 Å². The molecule has 108 valence electrons. The lowest BCUT2D eigenvalue weighted by Gasteiger charge is -2.21. The number of fused-ring (bicyclic) bond motifs is 1. The lowest BCUT2D eigenvalue weighted by molar-refractivity contribution is -0.164. The third kappa shape index (κ3) is 2.77. The van der Waals surface area contributed by atoms with E-state index in [9.17, 15) is 4.79 Å². The van der Waals surface area contributed by atoms with Gasteiger partial charge in [-0.1, -0.05) is 30.3 Å². The smallest absolute Gasteiger partial charge is 0.164 e. The van der Waals surface area contributed by atoms with Gasteiger partial charge in [0.15, 0.2) is 11.6 Å². The number of hydrogen-bond donors (Lipinski definition) is 0. The summed E-state index contributed by atoms with van der Waals surface area (Å²) >= 11 is 0. The molecule has 0 N–H and O–H groups in total. The first-order valence-corrected chi connectivity index (χ1v) is 7.05. The van der Waals surface area contributed by atoms with Crippen LogP contribution in [0.1, 0.15) is 25.8 Å². The largest absolute Gasteiger partial charge is 0.376 e. The standard InChI is InChI=1S/C16H20O4/c1-16(2)19-14-12(8-13(17)15(14)20-16)10-18-9-11-6-4-3-5-7-11/h3-7,12,14-15H,8-10H2,1-2H3/t12-,14?,15?/m1/s1. The van der Waals surface area contributed by atoms with Gasteiger partial charge in [-0.05, 0) is 19.4 Å². The van der Waals surface area contributed by atoms with Crippen molar-refractivity contribution in [2.24, 2.45) is 5.92 Å². The van der Waals surface area contributed by atoms with Gasteiger partial charge in [0.05, 0.1) is 19.3 Å². The van der Waals surface area contributed by atoms with E-state index in [1.807, 2.05) is 44.2 Å². The molecule has 1 saturated carbocycles. The van der Waals surface area contributed by atoms with Gasteiger partial charge in [0.25, 0.3) is 0 Å². The van der Waals surface area contributed by atoms with E-state index in [4.69, 9.17) is 14.2 Å². The van der Waals surface area contributed by atoms with Gasteiger partial charge in [0, 0.05) is 12.3 Å². The molecule has 4 heteroatoms. The molecule has 0 amide bonds. The van der Waals surface area contributed by atoms with E-state index in [0.717, 1.165) is 5.56 Å². The Kier molecular flexibility index (Phi) is 3.63. The van der Waals surface area contributed by atoms with E-state index < -0.39 is 11.9 Å². The minimum atomic E-state index is -0.664. The Morgan fingerprint density at radius 3 is 2.75 bits per heavy atom. The monoisotopic (exact) mass is 276 g/mol. The number of ether oxygens (including phenoxy) is 3. The van der Waals surface area contributed by atoms with Crippen molar-refractivity contribution >= 4 is 5.78 Å². The minimum absolute atomic E-state index is 0.0954. The van der Waals surface area contributed by atoms with Gasteiger partial charge in [0.1, 0.15) is 6.10 Å². The maximum absolute atomic E-state index is 11.9. The molecule has 2 unspecified atom stereocenters. The molecule has 1 heterocycles. The third-order valence-electron chi connectivity index (χ3n) is 3.82. The molecule has 1 aliphatic heterocycles. The molecule has 20 heavy (non-hydrogen) atoms. The van der Waals surface area contributed by atoms with Gasteiger partial charge in [-0.15, -0.1) is 0 Å². The predicted octanol–water partition coefficient (Wildman–Crippen LogP) is 2.31. The number of Topliss-reactive ketones (excluding diaryl/α,β-unsaturated/α-hetero) is 1. The Balaban J connectivity index is 1.55. The summed E-state index contributed by atoms with van der Waals surface area (Å²) in [5.74, 6) is -0.435. The van der Waals surface area contributed by atoms with Gasteiger partial charge < -0.3 is 14.2 Å². The summed E-state index contributed by atoms with van der Waals surface area (Å²) in [6, 6.07) is 10.0. The number of carbonyl (C=O) groups is 1. The fraction of sp³-hybridized carbons (Fsp3) is 0.562. The second kappa shape index (κ2) is 5.28. The molecule has 3 rings (SSSR count). The molecule has 0 aromatic heterocycles.